The predicted molar refractivity (Wildman–Crippen MR) is 101 cm³/mol. The average molecular weight is 379 g/mol. The predicted octanol–water partition coefficient (Wildman–Crippen LogP) is 4.03. The molecule has 0 spiro atoms. The van der Waals surface area contributed by atoms with Gasteiger partial charge in [0.1, 0.15) is 17.2 Å². The summed E-state index contributed by atoms with van der Waals surface area (Å²) in [6.07, 6.45) is 0. The van der Waals surface area contributed by atoms with Crippen molar-refractivity contribution < 1.29 is 19.8 Å². The lowest BCUT2D eigenvalue weighted by atomic mass is 10.1. The van der Waals surface area contributed by atoms with Crippen molar-refractivity contribution in [3.05, 3.63) is 64.7 Å². The molecule has 0 amide bonds. The summed E-state index contributed by atoms with van der Waals surface area (Å²) in [4.78, 5) is 11.1. The standard InChI is InChI=1S/C18H13N5O5/c24-12-5-1-10(2-6-12)19-14-9-15(20-11-3-7-13(25)8-4-11)18(23(26)27)17-16(14)21-28-22-17/h1-9,19-20,24-25H. The highest BCUT2D eigenvalue weighted by molar-refractivity contribution is 6.01. The van der Waals surface area contributed by atoms with Crippen LogP contribution in [0, 0.1) is 10.1 Å². The number of hydrogen-bond acceptors (Lipinski definition) is 9. The second-order valence-electron chi connectivity index (χ2n) is 5.88. The number of aromatic hydroxyl groups is 2. The molecule has 1 heterocycles. The van der Waals surface area contributed by atoms with Gasteiger partial charge in [-0.2, -0.15) is 0 Å². The molecule has 140 valence electrons. The first-order valence-electron chi connectivity index (χ1n) is 8.07. The van der Waals surface area contributed by atoms with Crippen molar-refractivity contribution in [2.75, 3.05) is 10.6 Å². The van der Waals surface area contributed by atoms with Crippen molar-refractivity contribution >= 4 is 39.5 Å². The van der Waals surface area contributed by atoms with Crippen molar-refractivity contribution in [3.8, 4) is 11.5 Å². The minimum Gasteiger partial charge on any atom is -0.508 e. The van der Waals surface area contributed by atoms with Gasteiger partial charge in [0.25, 0.3) is 0 Å². The summed E-state index contributed by atoms with van der Waals surface area (Å²) in [5.41, 5.74) is 1.64. The number of phenolic OH excluding ortho intramolecular Hbond substituents is 2. The minimum absolute atomic E-state index is 0.0185. The summed E-state index contributed by atoms with van der Waals surface area (Å²) in [7, 11) is 0. The average Bonchev–Trinajstić information content (AvgIpc) is 3.15. The van der Waals surface area contributed by atoms with Crippen molar-refractivity contribution in [2.24, 2.45) is 0 Å². The molecule has 4 N–H and O–H groups in total. The third-order valence-electron chi connectivity index (χ3n) is 3.99. The van der Waals surface area contributed by atoms with Crippen molar-refractivity contribution in [1.82, 2.24) is 10.3 Å². The van der Waals surface area contributed by atoms with Crippen LogP contribution in [0.4, 0.5) is 28.4 Å². The number of fused-ring (bicyclic) bond motifs is 1. The number of benzene rings is 3. The lowest BCUT2D eigenvalue weighted by molar-refractivity contribution is -0.382. The molecule has 28 heavy (non-hydrogen) atoms. The van der Waals surface area contributed by atoms with Crippen molar-refractivity contribution in [1.29, 1.82) is 0 Å². The maximum absolute atomic E-state index is 11.7. The molecule has 0 unspecified atom stereocenters. The monoisotopic (exact) mass is 379 g/mol. The summed E-state index contributed by atoms with van der Waals surface area (Å²) in [5, 5.41) is 44.0. The van der Waals surface area contributed by atoms with Gasteiger partial charge >= 0.3 is 5.69 Å². The number of nitro benzene ring substituents is 1. The topological polar surface area (TPSA) is 147 Å². The van der Waals surface area contributed by atoms with E-state index in [4.69, 9.17) is 4.63 Å². The number of phenols is 2. The Balaban J connectivity index is 1.82. The molecule has 0 fully saturated rings. The van der Waals surface area contributed by atoms with E-state index in [1.165, 1.54) is 30.3 Å². The molecule has 0 aliphatic rings. The lowest BCUT2D eigenvalue weighted by Crippen LogP contribution is -2.01. The number of rotatable bonds is 5. The Morgan fingerprint density at radius 2 is 1.32 bits per heavy atom. The first kappa shape index (κ1) is 17.1. The van der Waals surface area contributed by atoms with Gasteiger partial charge in [0, 0.05) is 11.4 Å². The second kappa shape index (κ2) is 6.76. The molecule has 10 heteroatoms. The van der Waals surface area contributed by atoms with Gasteiger partial charge in [-0.05, 0) is 64.9 Å². The SMILES string of the molecule is O=[N+]([O-])c1c(Nc2ccc(O)cc2)cc(Nc2ccc(O)cc2)c2nonc12. The smallest absolute Gasteiger partial charge is 0.324 e. The number of aromatic nitrogens is 2. The second-order valence-corrected chi connectivity index (χ2v) is 5.88. The fourth-order valence-corrected chi connectivity index (χ4v) is 2.71. The van der Waals surface area contributed by atoms with E-state index in [-0.39, 0.29) is 33.9 Å². The van der Waals surface area contributed by atoms with Crippen LogP contribution in [0.2, 0.25) is 0 Å². The van der Waals surface area contributed by atoms with Crippen LogP contribution in [0.1, 0.15) is 0 Å². The molecule has 4 aromatic rings. The molecule has 3 aromatic carbocycles. The molecule has 4 rings (SSSR count). The number of hydrogen-bond donors (Lipinski definition) is 4. The zero-order valence-electron chi connectivity index (χ0n) is 14.2. The van der Waals surface area contributed by atoms with Crippen LogP contribution in [0.15, 0.2) is 59.2 Å². The van der Waals surface area contributed by atoms with Gasteiger partial charge in [-0.3, -0.25) is 10.1 Å². The van der Waals surface area contributed by atoms with E-state index in [0.29, 0.717) is 17.1 Å². The summed E-state index contributed by atoms with van der Waals surface area (Å²) >= 11 is 0. The Labute approximate surface area is 157 Å². The van der Waals surface area contributed by atoms with Crippen molar-refractivity contribution in [3.63, 3.8) is 0 Å². The maximum atomic E-state index is 11.7. The molecule has 0 aliphatic heterocycles. The van der Waals surface area contributed by atoms with Crippen molar-refractivity contribution in [2.45, 2.75) is 0 Å². The summed E-state index contributed by atoms with van der Waals surface area (Å²) in [5.74, 6) is 0.183. The lowest BCUT2D eigenvalue weighted by Gasteiger charge is -2.11. The highest BCUT2D eigenvalue weighted by Crippen LogP contribution is 2.39. The van der Waals surface area contributed by atoms with E-state index in [1.54, 1.807) is 24.3 Å². The van der Waals surface area contributed by atoms with Crippen LogP contribution in [0.25, 0.3) is 11.0 Å². The molecule has 0 aliphatic carbocycles. The van der Waals surface area contributed by atoms with Crippen LogP contribution < -0.4 is 10.6 Å². The Bertz CT molecular complexity index is 1160. The molecule has 0 saturated heterocycles. The van der Waals surface area contributed by atoms with Gasteiger partial charge in [0.05, 0.1) is 10.6 Å². The maximum Gasteiger partial charge on any atom is 0.324 e. The highest BCUT2D eigenvalue weighted by Gasteiger charge is 2.26. The van der Waals surface area contributed by atoms with Gasteiger partial charge in [-0.15, -0.1) is 0 Å². The number of nitrogens with one attached hydrogen (secondary N) is 2. The molecule has 0 saturated carbocycles. The largest absolute Gasteiger partial charge is 0.508 e. The number of anilines is 4. The summed E-state index contributed by atoms with van der Waals surface area (Å²) < 4.78 is 4.73. The zero-order valence-corrected chi connectivity index (χ0v) is 14.2. The van der Waals surface area contributed by atoms with Gasteiger partial charge in [0.2, 0.25) is 5.52 Å². The number of nitro groups is 1. The highest BCUT2D eigenvalue weighted by atomic mass is 16.6. The molecule has 1 aromatic heterocycles. The Morgan fingerprint density at radius 3 is 1.86 bits per heavy atom. The van der Waals surface area contributed by atoms with Crippen LogP contribution in [0.5, 0.6) is 11.5 Å². The molecule has 10 nitrogen and oxygen atoms in total. The molecule has 0 radical (unpaired) electrons. The third-order valence-corrected chi connectivity index (χ3v) is 3.99. The van der Waals surface area contributed by atoms with Gasteiger partial charge in [-0.25, -0.2) is 4.63 Å². The fourth-order valence-electron chi connectivity index (χ4n) is 2.71. The van der Waals surface area contributed by atoms with Crippen LogP contribution in [-0.2, 0) is 0 Å². The van der Waals surface area contributed by atoms with Crippen LogP contribution in [0.3, 0.4) is 0 Å². The molecule has 0 bridgehead atoms. The first-order valence-corrected chi connectivity index (χ1v) is 8.07. The first-order chi connectivity index (χ1) is 13.5. The van der Waals surface area contributed by atoms with E-state index in [0.717, 1.165) is 0 Å². The number of nitrogens with zero attached hydrogens (tertiary/aromatic N) is 3. The zero-order chi connectivity index (χ0) is 19.7. The molecular formula is C18H13N5O5. The normalized spacial score (nSPS) is 10.7. The van der Waals surface area contributed by atoms with Gasteiger partial charge in [-0.1, -0.05) is 0 Å². The van der Waals surface area contributed by atoms with Gasteiger partial charge in [0.15, 0.2) is 5.52 Å². The molecular weight excluding hydrogens is 366 g/mol. The van der Waals surface area contributed by atoms with Gasteiger partial charge < -0.3 is 20.8 Å². The van der Waals surface area contributed by atoms with Crippen LogP contribution in [-0.4, -0.2) is 25.4 Å². The Hall–Kier alpha value is -4.34. The summed E-state index contributed by atoms with van der Waals surface area (Å²) in [6.45, 7) is 0. The Morgan fingerprint density at radius 1 is 0.821 bits per heavy atom. The third kappa shape index (κ3) is 3.21. The summed E-state index contributed by atoms with van der Waals surface area (Å²) in [6, 6.07) is 13.9. The van der Waals surface area contributed by atoms with E-state index >= 15 is 0 Å². The fraction of sp³-hybridized carbons (Fsp3) is 0. The van der Waals surface area contributed by atoms with Crippen LogP contribution >= 0.6 is 0 Å². The van der Waals surface area contributed by atoms with E-state index < -0.39 is 4.92 Å². The minimum atomic E-state index is -0.570. The molecule has 0 atom stereocenters. The quantitative estimate of drug-likeness (QED) is 0.229. The van der Waals surface area contributed by atoms with E-state index in [9.17, 15) is 20.3 Å². The van der Waals surface area contributed by atoms with E-state index in [2.05, 4.69) is 20.9 Å². The Kier molecular flexibility index (Phi) is 4.13. The van der Waals surface area contributed by atoms with E-state index in [1.807, 2.05) is 0 Å².